The molecule has 0 radical (unpaired) electrons. The van der Waals surface area contributed by atoms with Gasteiger partial charge in [0.1, 0.15) is 5.75 Å². The number of amides is 2. The van der Waals surface area contributed by atoms with Gasteiger partial charge in [0.2, 0.25) is 15.9 Å². The average molecular weight is 472 g/mol. The Balaban J connectivity index is 1.55. The van der Waals surface area contributed by atoms with Crippen LogP contribution in [-0.2, 0) is 26.0 Å². The third-order valence-corrected chi connectivity index (χ3v) is 8.28. The lowest BCUT2D eigenvalue weighted by atomic mass is 9.98. The minimum atomic E-state index is -3.84. The van der Waals surface area contributed by atoms with Gasteiger partial charge >= 0.3 is 0 Å². The van der Waals surface area contributed by atoms with Crippen molar-refractivity contribution in [2.45, 2.75) is 44.9 Å². The molecule has 0 spiro atoms. The molecule has 1 saturated heterocycles. The zero-order valence-electron chi connectivity index (χ0n) is 19.1. The second-order valence-electron chi connectivity index (χ2n) is 8.60. The topological polar surface area (TPSA) is 105 Å². The van der Waals surface area contributed by atoms with Crippen LogP contribution in [0, 0.1) is 19.8 Å². The summed E-state index contributed by atoms with van der Waals surface area (Å²) in [5.74, 6) is -0.544. The van der Waals surface area contributed by atoms with Gasteiger partial charge in [-0.25, -0.2) is 8.42 Å². The molecule has 2 heterocycles. The Hall–Kier alpha value is -2.91. The highest BCUT2D eigenvalue weighted by Gasteiger charge is 2.35. The first kappa shape index (κ1) is 23.3. The predicted octanol–water partition coefficient (Wildman–Crippen LogP) is 3.24. The van der Waals surface area contributed by atoms with Gasteiger partial charge in [-0.15, -0.1) is 0 Å². The van der Waals surface area contributed by atoms with Crippen molar-refractivity contribution < 1.29 is 22.7 Å². The van der Waals surface area contributed by atoms with Crippen LogP contribution in [-0.4, -0.2) is 44.2 Å². The maximum atomic E-state index is 13.5. The van der Waals surface area contributed by atoms with Gasteiger partial charge in [-0.1, -0.05) is 25.1 Å². The minimum Gasteiger partial charge on any atom is -0.482 e. The molecule has 0 saturated carbocycles. The Kier molecular flexibility index (Phi) is 6.45. The summed E-state index contributed by atoms with van der Waals surface area (Å²) in [7, 11) is -3.84. The monoisotopic (exact) mass is 471 g/mol. The maximum absolute atomic E-state index is 13.5. The average Bonchev–Trinajstić information content (AvgIpc) is 2.79. The molecule has 0 unspecified atom stereocenters. The highest BCUT2D eigenvalue weighted by Crippen LogP contribution is 2.35. The van der Waals surface area contributed by atoms with Crippen molar-refractivity contribution in [1.82, 2.24) is 4.31 Å². The molecular weight excluding hydrogens is 442 g/mol. The van der Waals surface area contributed by atoms with Gasteiger partial charge in [0, 0.05) is 24.8 Å². The Morgan fingerprint density at radius 3 is 2.79 bits per heavy atom. The number of fused-ring (bicyclic) bond motifs is 1. The number of anilines is 2. The Morgan fingerprint density at radius 2 is 2.03 bits per heavy atom. The van der Waals surface area contributed by atoms with Crippen LogP contribution in [0.4, 0.5) is 11.4 Å². The van der Waals surface area contributed by atoms with Crippen molar-refractivity contribution in [3.05, 3.63) is 47.0 Å². The number of piperidine rings is 1. The summed E-state index contributed by atoms with van der Waals surface area (Å²) in [6, 6.07) is 8.98. The molecule has 0 bridgehead atoms. The lowest BCUT2D eigenvalue weighted by Gasteiger charge is -2.32. The van der Waals surface area contributed by atoms with E-state index < -0.39 is 15.9 Å². The third kappa shape index (κ3) is 4.60. The molecule has 2 aromatic carbocycles. The Bertz CT molecular complexity index is 1210. The van der Waals surface area contributed by atoms with Gasteiger partial charge in [-0.2, -0.15) is 4.31 Å². The number of nitrogens with one attached hydrogen (secondary N) is 2. The number of benzene rings is 2. The molecule has 2 amide bonds. The van der Waals surface area contributed by atoms with Crippen molar-refractivity contribution >= 4 is 33.2 Å². The zero-order chi connectivity index (χ0) is 23.8. The van der Waals surface area contributed by atoms with Gasteiger partial charge in [-0.05, 0) is 55.9 Å². The summed E-state index contributed by atoms with van der Waals surface area (Å²) >= 11 is 0. The molecule has 1 fully saturated rings. The van der Waals surface area contributed by atoms with E-state index in [2.05, 4.69) is 10.6 Å². The largest absolute Gasteiger partial charge is 0.482 e. The van der Waals surface area contributed by atoms with E-state index in [-0.39, 0.29) is 29.9 Å². The first-order chi connectivity index (χ1) is 15.7. The summed E-state index contributed by atoms with van der Waals surface area (Å²) < 4.78 is 33.8. The number of para-hydroxylation sites is 1. The number of aryl methyl sites for hydroxylation is 3. The number of hydrogen-bond acceptors (Lipinski definition) is 5. The van der Waals surface area contributed by atoms with Gasteiger partial charge < -0.3 is 15.4 Å². The van der Waals surface area contributed by atoms with Crippen molar-refractivity contribution in [3.63, 3.8) is 0 Å². The second kappa shape index (κ2) is 9.15. The highest BCUT2D eigenvalue weighted by molar-refractivity contribution is 7.89. The number of hydrogen-bond donors (Lipinski definition) is 2. The molecule has 0 aromatic heterocycles. The normalized spacial score (nSPS) is 18.8. The first-order valence-corrected chi connectivity index (χ1v) is 12.6. The molecule has 9 heteroatoms. The Morgan fingerprint density at radius 1 is 1.24 bits per heavy atom. The van der Waals surface area contributed by atoms with Crippen LogP contribution in [0.25, 0.3) is 0 Å². The fourth-order valence-electron chi connectivity index (χ4n) is 4.44. The molecule has 8 nitrogen and oxygen atoms in total. The summed E-state index contributed by atoms with van der Waals surface area (Å²) in [6.45, 7) is 6.00. The van der Waals surface area contributed by atoms with Crippen molar-refractivity contribution in [3.8, 4) is 5.75 Å². The maximum Gasteiger partial charge on any atom is 0.262 e. The zero-order valence-corrected chi connectivity index (χ0v) is 19.9. The molecule has 4 rings (SSSR count). The van der Waals surface area contributed by atoms with Crippen LogP contribution >= 0.6 is 0 Å². The molecule has 33 heavy (non-hydrogen) atoms. The highest BCUT2D eigenvalue weighted by atomic mass is 32.2. The van der Waals surface area contributed by atoms with E-state index in [9.17, 15) is 18.0 Å². The minimum absolute atomic E-state index is 0.121. The fourth-order valence-corrected chi connectivity index (χ4v) is 6.18. The summed E-state index contributed by atoms with van der Waals surface area (Å²) in [5.41, 5.74) is 3.83. The molecule has 2 aliphatic heterocycles. The van der Waals surface area contributed by atoms with Crippen molar-refractivity contribution in [1.29, 1.82) is 0 Å². The molecule has 2 N–H and O–H groups in total. The summed E-state index contributed by atoms with van der Waals surface area (Å²) in [4.78, 5) is 24.8. The molecule has 0 aliphatic carbocycles. The van der Waals surface area contributed by atoms with E-state index in [0.717, 1.165) is 23.2 Å². The third-order valence-electron chi connectivity index (χ3n) is 6.27. The van der Waals surface area contributed by atoms with E-state index >= 15 is 0 Å². The SMILES string of the molecule is CCc1cccc(C)c1NC(=O)[C@@H]1CCCN(S(=O)(=O)c2cc3c(cc2C)NC(=O)CO3)C1. The van der Waals surface area contributed by atoms with Gasteiger partial charge in [0.25, 0.3) is 5.91 Å². The quantitative estimate of drug-likeness (QED) is 0.697. The van der Waals surface area contributed by atoms with E-state index in [1.165, 1.54) is 10.4 Å². The van der Waals surface area contributed by atoms with E-state index in [4.69, 9.17) is 4.74 Å². The lowest BCUT2D eigenvalue weighted by Crippen LogP contribution is -2.44. The fraction of sp³-hybridized carbons (Fsp3) is 0.417. The van der Waals surface area contributed by atoms with Crippen molar-refractivity contribution in [2.24, 2.45) is 5.92 Å². The number of carbonyl (C=O) groups excluding carboxylic acids is 2. The van der Waals surface area contributed by atoms with Gasteiger partial charge in [0.05, 0.1) is 16.5 Å². The van der Waals surface area contributed by atoms with Crippen LogP contribution < -0.4 is 15.4 Å². The molecule has 2 aromatic rings. The van der Waals surface area contributed by atoms with Crippen LogP contribution in [0.1, 0.15) is 36.5 Å². The summed E-state index contributed by atoms with van der Waals surface area (Å²) in [5, 5.41) is 5.74. The molecular formula is C24H29N3O5S. The summed E-state index contributed by atoms with van der Waals surface area (Å²) in [6.07, 6.45) is 2.02. The van der Waals surface area contributed by atoms with Crippen molar-refractivity contribution in [2.75, 3.05) is 30.3 Å². The van der Waals surface area contributed by atoms with Gasteiger partial charge in [0.15, 0.2) is 6.61 Å². The number of rotatable bonds is 5. The molecule has 2 aliphatic rings. The number of ether oxygens (including phenoxy) is 1. The molecule has 1 atom stereocenters. The van der Waals surface area contributed by atoms with Crippen LogP contribution in [0.3, 0.4) is 0 Å². The predicted molar refractivity (Wildman–Crippen MR) is 126 cm³/mol. The van der Waals surface area contributed by atoms with Crippen LogP contribution in [0.5, 0.6) is 5.75 Å². The lowest BCUT2D eigenvalue weighted by molar-refractivity contribution is -0.121. The number of nitrogens with zero attached hydrogens (tertiary/aromatic N) is 1. The second-order valence-corrected chi connectivity index (χ2v) is 10.5. The van der Waals surface area contributed by atoms with E-state index in [1.807, 2.05) is 32.0 Å². The number of carbonyl (C=O) groups is 2. The van der Waals surface area contributed by atoms with E-state index in [0.29, 0.717) is 36.4 Å². The first-order valence-electron chi connectivity index (χ1n) is 11.2. The van der Waals surface area contributed by atoms with Crippen LogP contribution in [0.2, 0.25) is 0 Å². The Labute approximate surface area is 194 Å². The van der Waals surface area contributed by atoms with Gasteiger partial charge in [-0.3, -0.25) is 9.59 Å². The molecule has 176 valence electrons. The standard InChI is InChI=1S/C24H29N3O5S/c1-4-17-8-5-7-15(2)23(17)26-24(29)18-9-6-10-27(13-18)33(30,31)21-12-20-19(11-16(21)3)25-22(28)14-32-20/h5,7-8,11-12,18H,4,6,9-10,13-14H2,1-3H3,(H,25,28)(H,26,29)/t18-/m1/s1. The van der Waals surface area contributed by atoms with Crippen LogP contribution in [0.15, 0.2) is 35.2 Å². The smallest absolute Gasteiger partial charge is 0.262 e. The number of sulfonamides is 1. The van der Waals surface area contributed by atoms with E-state index in [1.54, 1.807) is 13.0 Å².